The highest BCUT2D eigenvalue weighted by molar-refractivity contribution is 5.83. The van der Waals surface area contributed by atoms with Crippen LogP contribution in [0.1, 0.15) is 11.1 Å². The van der Waals surface area contributed by atoms with Crippen LogP contribution in [0.25, 0.3) is 56.7 Å². The number of benzene rings is 6. The van der Waals surface area contributed by atoms with Crippen molar-refractivity contribution in [3.8, 4) is 44.5 Å². The molecule has 4 heteroatoms. The third kappa shape index (κ3) is 6.03. The number of rotatable bonds is 6. The lowest BCUT2D eigenvalue weighted by Crippen LogP contribution is -1.89. The van der Waals surface area contributed by atoms with Gasteiger partial charge in [-0.2, -0.15) is 0 Å². The molecule has 0 bridgehead atoms. The normalized spacial score (nSPS) is 11.1. The van der Waals surface area contributed by atoms with E-state index in [1.807, 2.05) is 48.5 Å². The molecule has 0 fully saturated rings. The number of hydrogen-bond acceptors (Lipinski definition) is 4. The molecule has 8 N–H and O–H groups in total. The maximum atomic E-state index is 5.97. The van der Waals surface area contributed by atoms with Gasteiger partial charge in [-0.05, 0) is 141 Å². The summed E-state index contributed by atoms with van der Waals surface area (Å²) in [7, 11) is 0. The van der Waals surface area contributed by atoms with Crippen LogP contribution in [0, 0.1) is 0 Å². The average molecular weight is 545 g/mol. The predicted molar refractivity (Wildman–Crippen MR) is 181 cm³/mol. The van der Waals surface area contributed by atoms with Gasteiger partial charge in [-0.3, -0.25) is 0 Å². The predicted octanol–water partition coefficient (Wildman–Crippen LogP) is 8.85. The maximum absolute atomic E-state index is 5.97. The third-order valence-corrected chi connectivity index (χ3v) is 7.35. The van der Waals surface area contributed by atoms with Gasteiger partial charge in [0, 0.05) is 22.7 Å². The van der Waals surface area contributed by atoms with Crippen LogP contribution >= 0.6 is 0 Å². The Bertz CT molecular complexity index is 1600. The van der Waals surface area contributed by atoms with Gasteiger partial charge < -0.3 is 22.9 Å². The molecule has 204 valence electrons. The molecule has 0 aliphatic heterocycles. The highest BCUT2D eigenvalue weighted by Crippen LogP contribution is 2.32. The van der Waals surface area contributed by atoms with E-state index in [4.69, 9.17) is 22.9 Å². The lowest BCUT2D eigenvalue weighted by molar-refractivity contribution is 1.56. The van der Waals surface area contributed by atoms with Crippen molar-refractivity contribution < 1.29 is 0 Å². The SMILES string of the molecule is Nc1ccc(-c2cc(/C=C/c3cc(-c4ccc(N)cc4)cc(-c4ccc(N)cc4)c3)cc(-c3ccc(N)cc3)c2)cc1. The summed E-state index contributed by atoms with van der Waals surface area (Å²) in [6, 6.07) is 45.1. The summed E-state index contributed by atoms with van der Waals surface area (Å²) in [6.07, 6.45) is 4.33. The smallest absolute Gasteiger partial charge is 0.0314 e. The summed E-state index contributed by atoms with van der Waals surface area (Å²) in [5, 5.41) is 0. The number of nitrogens with two attached hydrogens (primary N) is 4. The van der Waals surface area contributed by atoms with E-state index >= 15 is 0 Å². The van der Waals surface area contributed by atoms with Crippen molar-refractivity contribution in [2.24, 2.45) is 0 Å². The van der Waals surface area contributed by atoms with Crippen LogP contribution in [0.2, 0.25) is 0 Å². The first-order valence-corrected chi connectivity index (χ1v) is 13.8. The van der Waals surface area contributed by atoms with Crippen LogP contribution < -0.4 is 22.9 Å². The van der Waals surface area contributed by atoms with Crippen LogP contribution in [0.4, 0.5) is 22.7 Å². The Kier molecular flexibility index (Phi) is 7.19. The minimum absolute atomic E-state index is 0.742. The summed E-state index contributed by atoms with van der Waals surface area (Å²) in [5.41, 5.74) is 37.9. The lowest BCUT2D eigenvalue weighted by Gasteiger charge is -2.11. The monoisotopic (exact) mass is 544 g/mol. The Hall–Kier alpha value is -5.74. The zero-order chi connectivity index (χ0) is 29.1. The van der Waals surface area contributed by atoms with E-state index in [0.717, 1.165) is 78.4 Å². The van der Waals surface area contributed by atoms with E-state index in [1.54, 1.807) is 0 Å². The van der Waals surface area contributed by atoms with Crippen LogP contribution in [0.3, 0.4) is 0 Å². The first-order valence-electron chi connectivity index (χ1n) is 13.8. The van der Waals surface area contributed by atoms with Crippen molar-refractivity contribution in [1.29, 1.82) is 0 Å². The highest BCUT2D eigenvalue weighted by atomic mass is 14.5. The van der Waals surface area contributed by atoms with Gasteiger partial charge in [-0.15, -0.1) is 0 Å². The molecule has 0 unspecified atom stereocenters. The molecule has 0 amide bonds. The Labute approximate surface area is 246 Å². The van der Waals surface area contributed by atoms with E-state index < -0.39 is 0 Å². The number of nitrogen functional groups attached to an aromatic ring is 4. The zero-order valence-electron chi connectivity index (χ0n) is 23.2. The van der Waals surface area contributed by atoms with Crippen molar-refractivity contribution in [1.82, 2.24) is 0 Å². The molecule has 6 aromatic carbocycles. The summed E-state index contributed by atoms with van der Waals surface area (Å²) in [5.74, 6) is 0. The highest BCUT2D eigenvalue weighted by Gasteiger charge is 2.08. The quantitative estimate of drug-likeness (QED) is 0.124. The van der Waals surface area contributed by atoms with E-state index in [-0.39, 0.29) is 0 Å². The first-order chi connectivity index (χ1) is 20.4. The second kappa shape index (κ2) is 11.4. The van der Waals surface area contributed by atoms with Gasteiger partial charge in [-0.1, -0.05) is 60.7 Å². The van der Waals surface area contributed by atoms with Crippen molar-refractivity contribution >= 4 is 34.9 Å². The summed E-state index contributed by atoms with van der Waals surface area (Å²) >= 11 is 0. The van der Waals surface area contributed by atoms with Gasteiger partial charge in [0.25, 0.3) is 0 Å². The van der Waals surface area contributed by atoms with Gasteiger partial charge in [0.15, 0.2) is 0 Å². The van der Waals surface area contributed by atoms with Crippen molar-refractivity contribution in [2.75, 3.05) is 22.9 Å². The average Bonchev–Trinajstić information content (AvgIpc) is 3.01. The molecule has 0 saturated carbocycles. The number of hydrogen-bond donors (Lipinski definition) is 4. The summed E-state index contributed by atoms with van der Waals surface area (Å²) < 4.78 is 0. The molecule has 42 heavy (non-hydrogen) atoms. The minimum Gasteiger partial charge on any atom is -0.399 e. The fraction of sp³-hybridized carbons (Fsp3) is 0. The zero-order valence-corrected chi connectivity index (χ0v) is 23.2. The maximum Gasteiger partial charge on any atom is 0.0314 e. The van der Waals surface area contributed by atoms with Crippen LogP contribution in [0.5, 0.6) is 0 Å². The first kappa shape index (κ1) is 26.5. The topological polar surface area (TPSA) is 104 Å². The molecule has 6 rings (SSSR count). The third-order valence-electron chi connectivity index (χ3n) is 7.35. The fourth-order valence-corrected chi connectivity index (χ4v) is 5.06. The van der Waals surface area contributed by atoms with Gasteiger partial charge in [0.1, 0.15) is 0 Å². The standard InChI is InChI=1S/C38H32N4/c39-35-11-3-27(4-12-35)31-19-25(20-32(23-31)28-5-13-36(40)14-6-28)1-2-26-21-33(29-7-15-37(41)16-8-29)24-34(22-26)30-9-17-38(42)18-10-30/h1-24H,39-42H2/b2-1+. The Morgan fingerprint density at radius 2 is 0.476 bits per heavy atom. The molecular formula is C38H32N4. The van der Waals surface area contributed by atoms with Gasteiger partial charge >= 0.3 is 0 Å². The number of anilines is 4. The molecule has 0 radical (unpaired) electrons. The Morgan fingerprint density at radius 3 is 0.690 bits per heavy atom. The van der Waals surface area contributed by atoms with E-state index in [1.165, 1.54) is 0 Å². The van der Waals surface area contributed by atoms with Crippen molar-refractivity contribution in [3.05, 3.63) is 145 Å². The molecule has 0 atom stereocenters. The second-order valence-electron chi connectivity index (χ2n) is 10.5. The minimum atomic E-state index is 0.742. The fourth-order valence-electron chi connectivity index (χ4n) is 5.06. The Balaban J connectivity index is 1.44. The van der Waals surface area contributed by atoms with Crippen LogP contribution in [-0.2, 0) is 0 Å². The Morgan fingerprint density at radius 1 is 0.262 bits per heavy atom. The second-order valence-corrected chi connectivity index (χ2v) is 10.5. The summed E-state index contributed by atoms with van der Waals surface area (Å²) in [6.45, 7) is 0. The van der Waals surface area contributed by atoms with E-state index in [2.05, 4.69) is 97.1 Å². The molecule has 0 saturated heterocycles. The van der Waals surface area contributed by atoms with Crippen LogP contribution in [0.15, 0.2) is 133 Å². The molecule has 0 aliphatic rings. The van der Waals surface area contributed by atoms with E-state index in [9.17, 15) is 0 Å². The lowest BCUT2D eigenvalue weighted by atomic mass is 9.94. The largest absolute Gasteiger partial charge is 0.399 e. The van der Waals surface area contributed by atoms with Crippen molar-refractivity contribution in [3.63, 3.8) is 0 Å². The molecule has 4 nitrogen and oxygen atoms in total. The molecule has 0 aliphatic carbocycles. The van der Waals surface area contributed by atoms with Gasteiger partial charge in [0.05, 0.1) is 0 Å². The van der Waals surface area contributed by atoms with Crippen molar-refractivity contribution in [2.45, 2.75) is 0 Å². The van der Waals surface area contributed by atoms with Gasteiger partial charge in [0.2, 0.25) is 0 Å². The molecule has 0 heterocycles. The van der Waals surface area contributed by atoms with Gasteiger partial charge in [-0.25, -0.2) is 0 Å². The molecule has 6 aromatic rings. The van der Waals surface area contributed by atoms with E-state index in [0.29, 0.717) is 0 Å². The van der Waals surface area contributed by atoms with Crippen LogP contribution in [-0.4, -0.2) is 0 Å². The molecular weight excluding hydrogens is 512 g/mol. The molecule has 0 aromatic heterocycles. The molecule has 0 spiro atoms. The summed E-state index contributed by atoms with van der Waals surface area (Å²) in [4.78, 5) is 0.